The second kappa shape index (κ2) is 6.53. The van der Waals surface area contributed by atoms with Crippen LogP contribution in [0.25, 0.3) is 11.4 Å². The van der Waals surface area contributed by atoms with Crippen molar-refractivity contribution >= 4 is 17.6 Å². The third-order valence-corrected chi connectivity index (χ3v) is 4.62. The Kier molecular flexibility index (Phi) is 4.18. The lowest BCUT2D eigenvalue weighted by Crippen LogP contribution is -2.36. The van der Waals surface area contributed by atoms with Gasteiger partial charge < -0.3 is 20.0 Å². The van der Waals surface area contributed by atoms with Crippen molar-refractivity contribution in [2.24, 2.45) is 0 Å². The van der Waals surface area contributed by atoms with Crippen LogP contribution in [0.2, 0.25) is 5.02 Å². The molecule has 4 rings (SSSR count). The Morgan fingerprint density at radius 1 is 1.19 bits per heavy atom. The summed E-state index contributed by atoms with van der Waals surface area (Å²) in [6.45, 7) is 0. The molecule has 0 aliphatic heterocycles. The molecule has 0 saturated heterocycles. The van der Waals surface area contributed by atoms with E-state index in [1.54, 1.807) is 18.2 Å². The number of aromatic amines is 1. The van der Waals surface area contributed by atoms with Gasteiger partial charge in [0.1, 0.15) is 11.8 Å². The summed E-state index contributed by atoms with van der Waals surface area (Å²) in [5.74, 6) is -0.687. The number of H-pyrrole nitrogens is 1. The maximum atomic E-state index is 12.5. The Balaban J connectivity index is 1.81. The van der Waals surface area contributed by atoms with E-state index in [1.165, 1.54) is 36.5 Å². The average molecular weight is 385 g/mol. The quantitative estimate of drug-likeness (QED) is 0.400. The van der Waals surface area contributed by atoms with Gasteiger partial charge in [0.15, 0.2) is 12.3 Å². The van der Waals surface area contributed by atoms with Gasteiger partial charge in [-0.25, -0.2) is 4.79 Å². The number of aliphatic hydroxyl groups excluding tert-OH is 1. The molecule has 0 unspecified atom stereocenters. The standard InChI is InChI=1S/C19H13ClN2O5/c20-11-4-1-3-10(9-11)19(25)27-18-12-6-7-14(23)21-15(12)16-13(17(18)24)5-2-8-22(16)26/h1-9,17-18,24H,(H,21,23)/t17-,18-/m1/s1. The second-order valence-corrected chi connectivity index (χ2v) is 6.51. The lowest BCUT2D eigenvalue weighted by atomic mass is 9.87. The predicted molar refractivity (Wildman–Crippen MR) is 96.0 cm³/mol. The number of halogens is 1. The number of carbonyl (C=O) groups is 1. The predicted octanol–water partition coefficient (Wildman–Crippen LogP) is 2.27. The maximum Gasteiger partial charge on any atom is 0.338 e. The van der Waals surface area contributed by atoms with E-state index < -0.39 is 23.7 Å². The molecule has 1 aromatic carbocycles. The van der Waals surface area contributed by atoms with Crippen LogP contribution >= 0.6 is 11.6 Å². The first-order chi connectivity index (χ1) is 13.0. The van der Waals surface area contributed by atoms with Crippen LogP contribution in [0.3, 0.4) is 0 Å². The fraction of sp³-hybridized carbons (Fsp3) is 0.105. The van der Waals surface area contributed by atoms with E-state index in [0.29, 0.717) is 15.3 Å². The summed E-state index contributed by atoms with van der Waals surface area (Å²) in [4.78, 5) is 26.9. The molecule has 3 aromatic rings. The summed E-state index contributed by atoms with van der Waals surface area (Å²) >= 11 is 5.91. The summed E-state index contributed by atoms with van der Waals surface area (Å²) in [5.41, 5.74) is 0.722. The van der Waals surface area contributed by atoms with Crippen molar-refractivity contribution in [2.45, 2.75) is 12.2 Å². The molecule has 0 fully saturated rings. The highest BCUT2D eigenvalue weighted by atomic mass is 35.5. The van der Waals surface area contributed by atoms with Crippen molar-refractivity contribution in [3.63, 3.8) is 0 Å². The molecule has 2 N–H and O–H groups in total. The number of hydrogen-bond acceptors (Lipinski definition) is 5. The minimum absolute atomic E-state index is 0.118. The summed E-state index contributed by atoms with van der Waals surface area (Å²) in [6, 6.07) is 11.9. The van der Waals surface area contributed by atoms with Crippen LogP contribution in [0.4, 0.5) is 0 Å². The molecule has 0 bridgehead atoms. The van der Waals surface area contributed by atoms with Gasteiger partial charge in [0.2, 0.25) is 11.3 Å². The van der Waals surface area contributed by atoms with Gasteiger partial charge in [-0.2, -0.15) is 4.73 Å². The van der Waals surface area contributed by atoms with Crippen LogP contribution in [0.15, 0.2) is 59.5 Å². The number of nitrogens with one attached hydrogen (secondary N) is 1. The second-order valence-electron chi connectivity index (χ2n) is 6.07. The van der Waals surface area contributed by atoms with E-state index >= 15 is 0 Å². The van der Waals surface area contributed by atoms with E-state index in [2.05, 4.69) is 4.98 Å². The molecule has 2 aromatic heterocycles. The van der Waals surface area contributed by atoms with E-state index in [0.717, 1.165) is 0 Å². The Hall–Kier alpha value is -3.16. The van der Waals surface area contributed by atoms with E-state index in [4.69, 9.17) is 16.3 Å². The van der Waals surface area contributed by atoms with Crippen LogP contribution < -0.4 is 10.3 Å². The van der Waals surface area contributed by atoms with Crippen molar-refractivity contribution in [1.29, 1.82) is 0 Å². The monoisotopic (exact) mass is 384 g/mol. The van der Waals surface area contributed by atoms with Crippen molar-refractivity contribution < 1.29 is 19.4 Å². The van der Waals surface area contributed by atoms with Gasteiger partial charge >= 0.3 is 5.97 Å². The van der Waals surface area contributed by atoms with Crippen LogP contribution in [0.5, 0.6) is 0 Å². The molecular weight excluding hydrogens is 372 g/mol. The van der Waals surface area contributed by atoms with Crippen LogP contribution in [-0.2, 0) is 4.74 Å². The highest BCUT2D eigenvalue weighted by Crippen LogP contribution is 2.43. The molecule has 2 atom stereocenters. The van der Waals surface area contributed by atoms with Crippen LogP contribution in [0, 0.1) is 5.21 Å². The number of ether oxygens (including phenoxy) is 1. The molecule has 8 heteroatoms. The third kappa shape index (κ3) is 2.97. The molecule has 0 spiro atoms. The molecule has 136 valence electrons. The fourth-order valence-corrected chi connectivity index (χ4v) is 3.37. The summed E-state index contributed by atoms with van der Waals surface area (Å²) in [6.07, 6.45) is -1.11. The van der Waals surface area contributed by atoms with Gasteiger partial charge in [-0.3, -0.25) is 4.79 Å². The number of aliphatic hydroxyl groups is 1. The SMILES string of the molecule is O=C(O[C@@H]1c2ccc(=O)[nH]c2-c2c(ccc[n+]2[O-])[C@H]1O)c1cccc(Cl)c1. The largest absolute Gasteiger partial charge is 0.618 e. The lowest BCUT2D eigenvalue weighted by Gasteiger charge is -2.29. The molecule has 0 radical (unpaired) electrons. The summed E-state index contributed by atoms with van der Waals surface area (Å²) in [7, 11) is 0. The minimum Gasteiger partial charge on any atom is -0.618 e. The number of aromatic nitrogens is 2. The first-order valence-electron chi connectivity index (χ1n) is 8.06. The van der Waals surface area contributed by atoms with Gasteiger partial charge in [-0.1, -0.05) is 17.7 Å². The van der Waals surface area contributed by atoms with Crippen molar-refractivity contribution in [3.8, 4) is 11.4 Å². The van der Waals surface area contributed by atoms with Gasteiger partial charge in [-0.05, 0) is 30.3 Å². The Bertz CT molecular complexity index is 1110. The van der Waals surface area contributed by atoms with Gasteiger partial charge in [0.05, 0.1) is 11.1 Å². The third-order valence-electron chi connectivity index (χ3n) is 4.39. The zero-order valence-corrected chi connectivity index (χ0v) is 14.5. The zero-order chi connectivity index (χ0) is 19.1. The maximum absolute atomic E-state index is 12.5. The highest BCUT2D eigenvalue weighted by Gasteiger charge is 2.40. The number of fused-ring (bicyclic) bond motifs is 3. The molecule has 1 aliphatic rings. The molecular formula is C19H13ClN2O5. The number of esters is 1. The van der Waals surface area contributed by atoms with Gasteiger partial charge in [0, 0.05) is 22.7 Å². The van der Waals surface area contributed by atoms with E-state index in [-0.39, 0.29) is 22.5 Å². The Labute approximate surface area is 158 Å². The van der Waals surface area contributed by atoms with Crippen molar-refractivity contribution in [2.75, 3.05) is 0 Å². The normalized spacial score (nSPS) is 17.7. The molecule has 7 nitrogen and oxygen atoms in total. The molecule has 27 heavy (non-hydrogen) atoms. The van der Waals surface area contributed by atoms with E-state index in [9.17, 15) is 19.9 Å². The summed E-state index contributed by atoms with van der Waals surface area (Å²) in [5, 5.41) is 23.4. The van der Waals surface area contributed by atoms with Crippen molar-refractivity contribution in [3.05, 3.63) is 92.0 Å². The molecule has 1 aliphatic carbocycles. The minimum atomic E-state index is -1.28. The highest BCUT2D eigenvalue weighted by molar-refractivity contribution is 6.30. The Morgan fingerprint density at radius 2 is 2.00 bits per heavy atom. The number of hydrogen-bond donors (Lipinski definition) is 2. The molecule has 0 saturated carbocycles. The average Bonchev–Trinajstić information content (AvgIpc) is 2.65. The number of benzene rings is 1. The van der Waals surface area contributed by atoms with Gasteiger partial charge in [0.25, 0.3) is 0 Å². The number of nitrogens with zero attached hydrogens (tertiary/aromatic N) is 1. The number of rotatable bonds is 2. The van der Waals surface area contributed by atoms with Crippen LogP contribution in [-0.4, -0.2) is 16.1 Å². The van der Waals surface area contributed by atoms with Crippen molar-refractivity contribution in [1.82, 2.24) is 4.98 Å². The van der Waals surface area contributed by atoms with Gasteiger partial charge in [-0.15, -0.1) is 0 Å². The summed E-state index contributed by atoms with van der Waals surface area (Å²) < 4.78 is 6.08. The molecule has 2 heterocycles. The topological polar surface area (TPSA) is 106 Å². The van der Waals surface area contributed by atoms with Crippen LogP contribution in [0.1, 0.15) is 33.7 Å². The Morgan fingerprint density at radius 3 is 2.78 bits per heavy atom. The number of pyridine rings is 2. The lowest BCUT2D eigenvalue weighted by molar-refractivity contribution is -0.594. The smallest absolute Gasteiger partial charge is 0.338 e. The zero-order valence-electron chi connectivity index (χ0n) is 13.8. The fourth-order valence-electron chi connectivity index (χ4n) is 3.18. The first-order valence-corrected chi connectivity index (χ1v) is 8.44. The number of carbonyl (C=O) groups excluding carboxylic acids is 1. The first kappa shape index (κ1) is 17.3. The van der Waals surface area contributed by atoms with E-state index in [1.807, 2.05) is 0 Å². The molecule has 0 amide bonds.